The van der Waals surface area contributed by atoms with E-state index in [0.717, 1.165) is 11.3 Å². The van der Waals surface area contributed by atoms with Crippen molar-refractivity contribution < 1.29 is 12.8 Å². The van der Waals surface area contributed by atoms with Gasteiger partial charge in [-0.3, -0.25) is 0 Å². The minimum absolute atomic E-state index is 0.00958. The van der Waals surface area contributed by atoms with E-state index in [1.54, 1.807) is 24.5 Å². The fourth-order valence-corrected chi connectivity index (χ4v) is 2.89. The molecule has 0 aliphatic carbocycles. The normalized spacial score (nSPS) is 13.3. The van der Waals surface area contributed by atoms with Crippen molar-refractivity contribution >= 4 is 10.0 Å². The average Bonchev–Trinajstić information content (AvgIpc) is 2.99. The molecule has 1 atom stereocenters. The molecule has 0 fully saturated rings. The summed E-state index contributed by atoms with van der Waals surface area (Å²) in [4.78, 5) is 0.293. The first-order valence-electron chi connectivity index (χ1n) is 6.33. The summed E-state index contributed by atoms with van der Waals surface area (Å²) in [6, 6.07) is 10.6. The van der Waals surface area contributed by atoms with Gasteiger partial charge in [0, 0.05) is 6.54 Å². The molecular weight excluding hydrogens is 276 g/mol. The summed E-state index contributed by atoms with van der Waals surface area (Å²) in [5, 5.41) is 3.25. The highest BCUT2D eigenvalue weighted by Gasteiger charge is 2.16. The molecular formula is C14H18N2O3S. The topological polar surface area (TPSA) is 71.3 Å². The number of rotatable bonds is 6. The zero-order chi connectivity index (χ0) is 14.6. The fourth-order valence-electron chi connectivity index (χ4n) is 1.92. The molecule has 0 bridgehead atoms. The SMILES string of the molecule is CNS(=O)(=O)c1ccccc1CNC(C)c1ccco1. The fraction of sp³-hybridized carbons (Fsp3) is 0.286. The third-order valence-electron chi connectivity index (χ3n) is 3.10. The molecule has 108 valence electrons. The number of hydrogen-bond donors (Lipinski definition) is 2. The maximum Gasteiger partial charge on any atom is 0.240 e. The first-order chi connectivity index (χ1) is 9.54. The molecule has 20 heavy (non-hydrogen) atoms. The van der Waals surface area contributed by atoms with Gasteiger partial charge in [-0.05, 0) is 37.7 Å². The Morgan fingerprint density at radius 2 is 1.95 bits per heavy atom. The summed E-state index contributed by atoms with van der Waals surface area (Å²) >= 11 is 0. The summed E-state index contributed by atoms with van der Waals surface area (Å²) in [7, 11) is -2.04. The van der Waals surface area contributed by atoms with E-state index in [0.29, 0.717) is 11.4 Å². The smallest absolute Gasteiger partial charge is 0.240 e. The molecule has 0 amide bonds. The van der Waals surface area contributed by atoms with Crippen LogP contribution in [0.15, 0.2) is 52.0 Å². The quantitative estimate of drug-likeness (QED) is 0.855. The van der Waals surface area contributed by atoms with Gasteiger partial charge in [0.05, 0.1) is 17.2 Å². The van der Waals surface area contributed by atoms with Gasteiger partial charge in [0.2, 0.25) is 10.0 Å². The summed E-state index contributed by atoms with van der Waals surface area (Å²) < 4.78 is 31.5. The molecule has 0 radical (unpaired) electrons. The maximum absolute atomic E-state index is 11.9. The van der Waals surface area contributed by atoms with Crippen molar-refractivity contribution in [3.63, 3.8) is 0 Å². The van der Waals surface area contributed by atoms with E-state index >= 15 is 0 Å². The largest absolute Gasteiger partial charge is 0.468 e. The molecule has 0 aliphatic heterocycles. The summed E-state index contributed by atoms with van der Waals surface area (Å²) in [5.74, 6) is 0.818. The van der Waals surface area contributed by atoms with Crippen molar-refractivity contribution in [3.05, 3.63) is 54.0 Å². The Labute approximate surface area is 119 Å². The van der Waals surface area contributed by atoms with E-state index < -0.39 is 10.0 Å². The molecule has 2 N–H and O–H groups in total. The van der Waals surface area contributed by atoms with E-state index in [2.05, 4.69) is 10.0 Å². The van der Waals surface area contributed by atoms with Crippen LogP contribution in [-0.4, -0.2) is 15.5 Å². The van der Waals surface area contributed by atoms with Gasteiger partial charge in [0.15, 0.2) is 0 Å². The Morgan fingerprint density at radius 1 is 1.20 bits per heavy atom. The lowest BCUT2D eigenvalue weighted by atomic mass is 10.2. The van der Waals surface area contributed by atoms with Gasteiger partial charge in [-0.15, -0.1) is 0 Å². The standard InChI is InChI=1S/C14H18N2O3S/c1-11(13-7-5-9-19-13)16-10-12-6-3-4-8-14(12)20(17,18)15-2/h3-9,11,15-16H,10H2,1-2H3. The number of sulfonamides is 1. The lowest BCUT2D eigenvalue weighted by Crippen LogP contribution is -2.23. The summed E-state index contributed by atoms with van der Waals surface area (Å²) in [6.45, 7) is 2.41. The predicted octanol–water partition coefficient (Wildman–Crippen LogP) is 2.04. The third kappa shape index (κ3) is 3.27. The molecule has 1 unspecified atom stereocenters. The van der Waals surface area contributed by atoms with E-state index in [4.69, 9.17) is 4.42 Å². The molecule has 2 rings (SSSR count). The second kappa shape index (κ2) is 6.21. The Bertz CT molecular complexity index is 651. The van der Waals surface area contributed by atoms with Crippen LogP contribution in [0, 0.1) is 0 Å². The predicted molar refractivity (Wildman–Crippen MR) is 76.7 cm³/mol. The summed E-state index contributed by atoms with van der Waals surface area (Å²) in [6.07, 6.45) is 1.62. The molecule has 1 aromatic heterocycles. The molecule has 1 aromatic carbocycles. The van der Waals surface area contributed by atoms with Crippen molar-refractivity contribution in [2.75, 3.05) is 7.05 Å². The number of benzene rings is 1. The monoisotopic (exact) mass is 294 g/mol. The molecule has 0 aliphatic rings. The van der Waals surface area contributed by atoms with Crippen LogP contribution in [0.25, 0.3) is 0 Å². The number of nitrogens with one attached hydrogen (secondary N) is 2. The molecule has 5 nitrogen and oxygen atoms in total. The van der Waals surface area contributed by atoms with Crippen LogP contribution in [0.3, 0.4) is 0 Å². The zero-order valence-corrected chi connectivity index (χ0v) is 12.3. The molecule has 0 saturated heterocycles. The second-order valence-electron chi connectivity index (χ2n) is 4.43. The van der Waals surface area contributed by atoms with Crippen LogP contribution < -0.4 is 10.0 Å². The molecule has 0 spiro atoms. The first-order valence-corrected chi connectivity index (χ1v) is 7.81. The van der Waals surface area contributed by atoms with E-state index in [-0.39, 0.29) is 6.04 Å². The highest BCUT2D eigenvalue weighted by atomic mass is 32.2. The van der Waals surface area contributed by atoms with Crippen LogP contribution in [0.5, 0.6) is 0 Å². The van der Waals surface area contributed by atoms with Gasteiger partial charge in [-0.1, -0.05) is 18.2 Å². The van der Waals surface area contributed by atoms with Crippen molar-refractivity contribution in [2.24, 2.45) is 0 Å². The molecule has 2 aromatic rings. The zero-order valence-electron chi connectivity index (χ0n) is 11.5. The average molecular weight is 294 g/mol. The minimum Gasteiger partial charge on any atom is -0.468 e. The van der Waals surface area contributed by atoms with Crippen molar-refractivity contribution in [3.8, 4) is 0 Å². The van der Waals surface area contributed by atoms with Crippen LogP contribution >= 0.6 is 0 Å². The van der Waals surface area contributed by atoms with Crippen LogP contribution in [0.4, 0.5) is 0 Å². The van der Waals surface area contributed by atoms with E-state index in [1.807, 2.05) is 25.1 Å². The maximum atomic E-state index is 11.9. The van der Waals surface area contributed by atoms with Crippen LogP contribution in [0.1, 0.15) is 24.3 Å². The van der Waals surface area contributed by atoms with Gasteiger partial charge >= 0.3 is 0 Å². The van der Waals surface area contributed by atoms with Gasteiger partial charge in [0.1, 0.15) is 5.76 Å². The van der Waals surface area contributed by atoms with Gasteiger partial charge < -0.3 is 9.73 Å². The Hall–Kier alpha value is -1.63. The van der Waals surface area contributed by atoms with Crippen molar-refractivity contribution in [1.29, 1.82) is 0 Å². The molecule has 1 heterocycles. The minimum atomic E-state index is -3.44. The Balaban J connectivity index is 2.14. The van der Waals surface area contributed by atoms with Gasteiger partial charge in [-0.2, -0.15) is 0 Å². The van der Waals surface area contributed by atoms with Crippen LogP contribution in [0.2, 0.25) is 0 Å². The lowest BCUT2D eigenvalue weighted by Gasteiger charge is -2.14. The van der Waals surface area contributed by atoms with Crippen molar-refractivity contribution in [2.45, 2.75) is 24.4 Å². The van der Waals surface area contributed by atoms with Gasteiger partial charge in [-0.25, -0.2) is 13.1 Å². The highest BCUT2D eigenvalue weighted by Crippen LogP contribution is 2.17. The van der Waals surface area contributed by atoms with Gasteiger partial charge in [0.25, 0.3) is 0 Å². The lowest BCUT2D eigenvalue weighted by molar-refractivity contribution is 0.429. The van der Waals surface area contributed by atoms with E-state index in [1.165, 1.54) is 7.05 Å². The first kappa shape index (κ1) is 14.8. The summed E-state index contributed by atoms with van der Waals surface area (Å²) in [5.41, 5.74) is 0.722. The Morgan fingerprint density at radius 3 is 2.60 bits per heavy atom. The molecule has 0 saturated carbocycles. The van der Waals surface area contributed by atoms with Crippen molar-refractivity contribution in [1.82, 2.24) is 10.0 Å². The Kier molecular flexibility index (Phi) is 4.59. The second-order valence-corrected chi connectivity index (χ2v) is 6.29. The molecule has 6 heteroatoms. The third-order valence-corrected chi connectivity index (χ3v) is 4.61. The number of hydrogen-bond acceptors (Lipinski definition) is 4. The van der Waals surface area contributed by atoms with Crippen LogP contribution in [-0.2, 0) is 16.6 Å². The van der Waals surface area contributed by atoms with E-state index in [9.17, 15) is 8.42 Å². The highest BCUT2D eigenvalue weighted by molar-refractivity contribution is 7.89. The number of furan rings is 1.